The number of ether oxygens (including phenoxy) is 3. The van der Waals surface area contributed by atoms with E-state index in [0.717, 1.165) is 6.92 Å². The second-order valence-electron chi connectivity index (χ2n) is 7.69. The van der Waals surface area contributed by atoms with Crippen LogP contribution in [0.2, 0.25) is 0 Å². The molecule has 2 fully saturated rings. The number of hydrogen-bond acceptors (Lipinski definition) is 13. The number of carbonyl (C=O) groups excluding carboxylic acids is 1. The zero-order valence-corrected chi connectivity index (χ0v) is 17.0. The Morgan fingerprint density at radius 1 is 1.16 bits per heavy atom. The summed E-state index contributed by atoms with van der Waals surface area (Å²) < 4.78 is 15.5. The monoisotopic (exact) mass is 471 g/mol. The van der Waals surface area contributed by atoms with Gasteiger partial charge < -0.3 is 65.5 Å². The van der Waals surface area contributed by atoms with E-state index in [9.17, 15) is 50.4 Å². The standard InChI is InChI=1S/C17H29NO14/c1-5(21)18-9-6(22)2-17(16(28)29,31-13(9)10(24)7(23)3-19)32-14-11(25)8(4-20)30-15(27)12(14)26/h6-15,19-20,22-27H,2-4H2,1H3,(H,18,21)(H,28,29)/t6?,7-,8?,9?,10-,11?,12?,13?,14?,15?,17?/m0/s1. The van der Waals surface area contributed by atoms with Crippen molar-refractivity contribution in [3.05, 3.63) is 0 Å². The van der Waals surface area contributed by atoms with Crippen molar-refractivity contribution < 1.29 is 69.8 Å². The van der Waals surface area contributed by atoms with E-state index in [1.807, 2.05) is 0 Å². The number of aliphatic hydroxyl groups excluding tert-OH is 8. The number of carbonyl (C=O) groups is 2. The van der Waals surface area contributed by atoms with Crippen LogP contribution in [0.4, 0.5) is 0 Å². The van der Waals surface area contributed by atoms with Crippen molar-refractivity contribution in [2.24, 2.45) is 0 Å². The molecule has 0 bridgehead atoms. The third kappa shape index (κ3) is 5.35. The third-order valence-electron chi connectivity index (χ3n) is 5.35. The summed E-state index contributed by atoms with van der Waals surface area (Å²) in [4.78, 5) is 23.6. The fraction of sp³-hybridized carbons (Fsp3) is 0.882. The minimum absolute atomic E-state index is 0.693. The van der Waals surface area contributed by atoms with Crippen LogP contribution in [0.15, 0.2) is 0 Å². The minimum Gasteiger partial charge on any atom is -0.477 e. The highest BCUT2D eigenvalue weighted by Crippen LogP contribution is 2.37. The fourth-order valence-electron chi connectivity index (χ4n) is 3.67. The molecule has 2 aliphatic rings. The van der Waals surface area contributed by atoms with E-state index in [4.69, 9.17) is 19.3 Å². The van der Waals surface area contributed by atoms with Crippen LogP contribution in [0.1, 0.15) is 13.3 Å². The summed E-state index contributed by atoms with van der Waals surface area (Å²) in [6.45, 7) is -0.741. The van der Waals surface area contributed by atoms with Gasteiger partial charge in [0.2, 0.25) is 5.91 Å². The Bertz CT molecular complexity index is 665. The number of rotatable bonds is 8. The van der Waals surface area contributed by atoms with E-state index in [1.54, 1.807) is 0 Å². The van der Waals surface area contributed by atoms with Gasteiger partial charge in [-0.05, 0) is 0 Å². The van der Waals surface area contributed by atoms with Crippen LogP contribution in [0.25, 0.3) is 0 Å². The summed E-state index contributed by atoms with van der Waals surface area (Å²) >= 11 is 0. The van der Waals surface area contributed by atoms with Crippen molar-refractivity contribution in [1.29, 1.82) is 0 Å². The van der Waals surface area contributed by atoms with Gasteiger partial charge in [0, 0.05) is 13.3 Å². The van der Waals surface area contributed by atoms with E-state index >= 15 is 0 Å². The molecule has 186 valence electrons. The Kier molecular flexibility index (Phi) is 8.88. The minimum atomic E-state index is -2.86. The quantitative estimate of drug-likeness (QED) is 0.158. The normalized spacial score (nSPS) is 42.2. The Morgan fingerprint density at radius 2 is 1.78 bits per heavy atom. The second kappa shape index (κ2) is 10.6. The van der Waals surface area contributed by atoms with Crippen LogP contribution < -0.4 is 5.32 Å². The van der Waals surface area contributed by atoms with E-state index in [0.29, 0.717) is 0 Å². The van der Waals surface area contributed by atoms with Gasteiger partial charge in [0.25, 0.3) is 5.79 Å². The first-order valence-electron chi connectivity index (χ1n) is 9.70. The molecular formula is C17H29NO14. The molecule has 0 aliphatic carbocycles. The molecule has 15 heteroatoms. The van der Waals surface area contributed by atoms with E-state index < -0.39 is 98.5 Å². The Morgan fingerprint density at radius 3 is 2.28 bits per heavy atom. The highest BCUT2D eigenvalue weighted by Gasteiger charge is 2.59. The van der Waals surface area contributed by atoms with Gasteiger partial charge in [0.05, 0.1) is 25.4 Å². The van der Waals surface area contributed by atoms with Crippen LogP contribution in [0.5, 0.6) is 0 Å². The highest BCUT2D eigenvalue weighted by molar-refractivity contribution is 5.76. The molecule has 10 N–H and O–H groups in total. The smallest absolute Gasteiger partial charge is 0.364 e. The molecule has 9 unspecified atom stereocenters. The van der Waals surface area contributed by atoms with Crippen molar-refractivity contribution in [3.63, 3.8) is 0 Å². The number of aliphatic carboxylic acids is 1. The second-order valence-corrected chi connectivity index (χ2v) is 7.69. The Hall–Kier alpha value is -1.50. The molecule has 0 aromatic carbocycles. The van der Waals surface area contributed by atoms with Crippen LogP contribution in [-0.2, 0) is 23.8 Å². The van der Waals surface area contributed by atoms with Crippen LogP contribution >= 0.6 is 0 Å². The van der Waals surface area contributed by atoms with Crippen LogP contribution in [0, 0.1) is 0 Å². The molecule has 15 nitrogen and oxygen atoms in total. The van der Waals surface area contributed by atoms with E-state index in [1.165, 1.54) is 0 Å². The van der Waals surface area contributed by atoms with Gasteiger partial charge in [0.1, 0.15) is 42.7 Å². The van der Waals surface area contributed by atoms with Gasteiger partial charge in [-0.25, -0.2) is 4.79 Å². The van der Waals surface area contributed by atoms with Crippen molar-refractivity contribution in [1.82, 2.24) is 5.32 Å². The molecule has 2 saturated heterocycles. The maximum absolute atomic E-state index is 12.1. The molecule has 1 amide bonds. The average molecular weight is 471 g/mol. The molecule has 11 atom stereocenters. The average Bonchev–Trinajstić information content (AvgIpc) is 2.73. The first kappa shape index (κ1) is 26.7. The van der Waals surface area contributed by atoms with Gasteiger partial charge in [0.15, 0.2) is 6.29 Å². The zero-order chi connectivity index (χ0) is 24.4. The predicted molar refractivity (Wildman–Crippen MR) is 97.4 cm³/mol. The maximum Gasteiger partial charge on any atom is 0.364 e. The molecule has 2 heterocycles. The molecule has 0 saturated carbocycles. The Labute approximate surface area is 181 Å². The number of amides is 1. The van der Waals surface area contributed by atoms with E-state index in [-0.39, 0.29) is 0 Å². The Balaban J connectivity index is 2.42. The van der Waals surface area contributed by atoms with Crippen molar-refractivity contribution >= 4 is 11.9 Å². The number of carboxylic acids is 1. The van der Waals surface area contributed by atoms with Gasteiger partial charge in [-0.2, -0.15) is 0 Å². The lowest BCUT2D eigenvalue weighted by Gasteiger charge is -2.49. The number of nitrogens with one attached hydrogen (secondary N) is 1. The zero-order valence-electron chi connectivity index (χ0n) is 17.0. The molecule has 2 aliphatic heterocycles. The number of carboxylic acid groups (broad SMARTS) is 1. The van der Waals surface area contributed by atoms with Crippen LogP contribution in [0.3, 0.4) is 0 Å². The fourth-order valence-corrected chi connectivity index (χ4v) is 3.67. The molecule has 0 spiro atoms. The summed E-state index contributed by atoms with van der Waals surface area (Å²) in [5, 5.41) is 91.5. The highest BCUT2D eigenvalue weighted by atomic mass is 16.7. The van der Waals surface area contributed by atoms with Crippen molar-refractivity contribution in [2.75, 3.05) is 13.2 Å². The first-order chi connectivity index (χ1) is 14.9. The summed E-state index contributed by atoms with van der Waals surface area (Å²) in [5.74, 6) is -5.44. The van der Waals surface area contributed by atoms with E-state index in [2.05, 4.69) is 5.32 Å². The largest absolute Gasteiger partial charge is 0.477 e. The van der Waals surface area contributed by atoms with Gasteiger partial charge in [-0.3, -0.25) is 4.79 Å². The molecule has 0 aromatic rings. The maximum atomic E-state index is 12.1. The van der Waals surface area contributed by atoms with Gasteiger partial charge in [-0.15, -0.1) is 0 Å². The number of hydrogen-bond donors (Lipinski definition) is 10. The lowest BCUT2D eigenvalue weighted by atomic mass is 9.88. The summed E-state index contributed by atoms with van der Waals surface area (Å²) in [6, 6.07) is -1.44. The first-order valence-corrected chi connectivity index (χ1v) is 9.70. The van der Waals surface area contributed by atoms with Crippen LogP contribution in [-0.4, -0.2) is 138 Å². The van der Waals surface area contributed by atoms with Crippen molar-refractivity contribution in [3.8, 4) is 0 Å². The van der Waals surface area contributed by atoms with Gasteiger partial charge >= 0.3 is 5.97 Å². The SMILES string of the molecule is CC(=O)NC1C(O)CC(OC2C(O)C(O)OC(CO)C2O)(C(=O)O)OC1[C@@H](O)[C@@H](O)CO. The molecule has 0 radical (unpaired) electrons. The third-order valence-corrected chi connectivity index (χ3v) is 5.35. The molecule has 0 aromatic heterocycles. The summed E-state index contributed by atoms with van der Waals surface area (Å²) in [5.41, 5.74) is 0. The van der Waals surface area contributed by atoms with Gasteiger partial charge in [-0.1, -0.05) is 0 Å². The lowest BCUT2D eigenvalue weighted by Crippen LogP contribution is -2.70. The molecule has 2 rings (SSSR count). The summed E-state index contributed by atoms with van der Waals surface area (Å²) in [6.07, 6.45) is -17.6. The lowest BCUT2D eigenvalue weighted by molar-refractivity contribution is -0.366. The number of aliphatic hydroxyl groups is 8. The molecular weight excluding hydrogens is 442 g/mol. The molecule has 32 heavy (non-hydrogen) atoms. The topological polar surface area (TPSA) is 256 Å². The predicted octanol–water partition coefficient (Wildman–Crippen LogP) is -6.05. The van der Waals surface area contributed by atoms with Crippen molar-refractivity contribution in [2.45, 2.75) is 80.3 Å². The summed E-state index contributed by atoms with van der Waals surface area (Å²) in [7, 11) is 0.